The van der Waals surface area contributed by atoms with Gasteiger partial charge in [0.1, 0.15) is 12.4 Å². The Kier molecular flexibility index (Phi) is 7.56. The number of carbonyl (C=O) groups excluding carboxylic acids is 2. The second-order valence-electron chi connectivity index (χ2n) is 7.05. The van der Waals surface area contributed by atoms with E-state index in [0.717, 1.165) is 11.4 Å². The van der Waals surface area contributed by atoms with Gasteiger partial charge in [0.25, 0.3) is 0 Å². The Hall–Kier alpha value is -4.11. The van der Waals surface area contributed by atoms with Gasteiger partial charge in [-0.05, 0) is 36.4 Å². The predicted molar refractivity (Wildman–Crippen MR) is 129 cm³/mol. The van der Waals surface area contributed by atoms with Gasteiger partial charge in [0.15, 0.2) is 11.0 Å². The number of nitrogens with zero attached hydrogens (tertiary/aromatic N) is 3. The third-order valence-corrected chi connectivity index (χ3v) is 5.69. The van der Waals surface area contributed by atoms with Crippen LogP contribution in [0.3, 0.4) is 0 Å². The highest BCUT2D eigenvalue weighted by atomic mass is 32.2. The Bertz CT molecular complexity index is 1260. The molecule has 172 valence electrons. The molecule has 4 rings (SSSR count). The fourth-order valence-electron chi connectivity index (χ4n) is 3.18. The number of para-hydroxylation sites is 3. The van der Waals surface area contributed by atoms with Crippen LogP contribution in [0.15, 0.2) is 90.1 Å². The topological polar surface area (TPSA) is 95.3 Å². The molecule has 9 heteroatoms. The molecule has 4 aromatic rings. The number of aromatic nitrogens is 3. The van der Waals surface area contributed by atoms with Crippen molar-refractivity contribution in [3.63, 3.8) is 0 Å². The molecular weight excluding hydrogens is 452 g/mol. The SMILES string of the molecule is COC(=O)c1ccccc1NC(=O)CSc1nnc(COc2ccccc2)n1-c1ccccc1. The van der Waals surface area contributed by atoms with E-state index < -0.39 is 5.97 Å². The van der Waals surface area contributed by atoms with Crippen LogP contribution < -0.4 is 10.1 Å². The van der Waals surface area contributed by atoms with Crippen LogP contribution in [0.1, 0.15) is 16.2 Å². The van der Waals surface area contributed by atoms with Gasteiger partial charge in [-0.25, -0.2) is 4.79 Å². The van der Waals surface area contributed by atoms with Gasteiger partial charge < -0.3 is 14.8 Å². The number of thioether (sulfide) groups is 1. The second kappa shape index (κ2) is 11.2. The summed E-state index contributed by atoms with van der Waals surface area (Å²) in [5, 5.41) is 11.9. The standard InChI is InChI=1S/C25H22N4O4S/c1-32-24(31)20-14-8-9-15-21(20)26-23(30)17-34-25-28-27-22(16-33-19-12-6-3-7-13-19)29(25)18-10-4-2-5-11-18/h2-15H,16-17H2,1H3,(H,26,30). The lowest BCUT2D eigenvalue weighted by Crippen LogP contribution is -2.17. The van der Waals surface area contributed by atoms with Crippen LogP contribution in [0.5, 0.6) is 5.75 Å². The van der Waals surface area contributed by atoms with Crippen molar-refractivity contribution in [1.82, 2.24) is 14.8 Å². The van der Waals surface area contributed by atoms with Crippen LogP contribution in [0.25, 0.3) is 5.69 Å². The maximum atomic E-state index is 12.6. The molecule has 0 saturated heterocycles. The molecule has 0 saturated carbocycles. The number of esters is 1. The summed E-state index contributed by atoms with van der Waals surface area (Å²) in [6, 6.07) is 25.8. The number of nitrogens with one attached hydrogen (secondary N) is 1. The van der Waals surface area contributed by atoms with Crippen molar-refractivity contribution in [1.29, 1.82) is 0 Å². The highest BCUT2D eigenvalue weighted by molar-refractivity contribution is 7.99. The van der Waals surface area contributed by atoms with Gasteiger partial charge in [0.05, 0.1) is 24.1 Å². The van der Waals surface area contributed by atoms with E-state index >= 15 is 0 Å². The Balaban J connectivity index is 1.49. The van der Waals surface area contributed by atoms with Gasteiger partial charge >= 0.3 is 5.97 Å². The molecule has 1 amide bonds. The largest absolute Gasteiger partial charge is 0.486 e. The van der Waals surface area contributed by atoms with E-state index in [9.17, 15) is 9.59 Å². The summed E-state index contributed by atoms with van der Waals surface area (Å²) in [7, 11) is 1.30. The molecule has 0 bridgehead atoms. The molecule has 1 aromatic heterocycles. The summed E-state index contributed by atoms with van der Waals surface area (Å²) in [4.78, 5) is 24.6. The summed E-state index contributed by atoms with van der Waals surface area (Å²) < 4.78 is 12.5. The molecule has 3 aromatic carbocycles. The quantitative estimate of drug-likeness (QED) is 0.284. The van der Waals surface area contributed by atoms with E-state index in [1.165, 1.54) is 18.9 Å². The van der Waals surface area contributed by atoms with Crippen LogP contribution in [0, 0.1) is 0 Å². The maximum absolute atomic E-state index is 12.6. The van der Waals surface area contributed by atoms with E-state index in [1.54, 1.807) is 24.3 Å². The summed E-state index contributed by atoms with van der Waals surface area (Å²) in [6.07, 6.45) is 0. The van der Waals surface area contributed by atoms with Gasteiger partial charge in [-0.1, -0.05) is 60.3 Å². The minimum Gasteiger partial charge on any atom is -0.486 e. The van der Waals surface area contributed by atoms with E-state index in [1.807, 2.05) is 65.2 Å². The molecule has 0 spiro atoms. The lowest BCUT2D eigenvalue weighted by molar-refractivity contribution is -0.113. The van der Waals surface area contributed by atoms with Gasteiger partial charge in [0.2, 0.25) is 5.91 Å². The molecule has 0 aliphatic heterocycles. The van der Waals surface area contributed by atoms with Crippen molar-refractivity contribution < 1.29 is 19.1 Å². The van der Waals surface area contributed by atoms with Gasteiger partial charge in [-0.3, -0.25) is 9.36 Å². The van der Waals surface area contributed by atoms with Crippen LogP contribution in [-0.2, 0) is 16.1 Å². The number of hydrogen-bond donors (Lipinski definition) is 1. The first-order valence-electron chi connectivity index (χ1n) is 10.4. The number of hydrogen-bond acceptors (Lipinski definition) is 7. The Labute approximate surface area is 200 Å². The van der Waals surface area contributed by atoms with Gasteiger partial charge in [0, 0.05) is 5.69 Å². The van der Waals surface area contributed by atoms with Crippen LogP contribution in [0.2, 0.25) is 0 Å². The van der Waals surface area contributed by atoms with E-state index in [2.05, 4.69) is 15.5 Å². The second-order valence-corrected chi connectivity index (χ2v) is 7.99. The first-order valence-corrected chi connectivity index (χ1v) is 11.4. The minimum absolute atomic E-state index is 0.0695. The number of benzene rings is 3. The molecule has 8 nitrogen and oxygen atoms in total. The zero-order valence-electron chi connectivity index (χ0n) is 18.4. The van der Waals surface area contributed by atoms with E-state index in [-0.39, 0.29) is 23.8 Å². The molecule has 0 aliphatic carbocycles. The monoisotopic (exact) mass is 474 g/mol. The molecular formula is C25H22N4O4S. The normalized spacial score (nSPS) is 10.5. The number of carbonyl (C=O) groups is 2. The Morgan fingerprint density at radius 1 is 0.912 bits per heavy atom. The van der Waals surface area contributed by atoms with Crippen LogP contribution in [0.4, 0.5) is 5.69 Å². The lowest BCUT2D eigenvalue weighted by Gasteiger charge is -2.12. The summed E-state index contributed by atoms with van der Waals surface area (Å²) in [6.45, 7) is 0.213. The number of ether oxygens (including phenoxy) is 2. The number of rotatable bonds is 9. The average molecular weight is 475 g/mol. The minimum atomic E-state index is -0.518. The van der Waals surface area contributed by atoms with E-state index in [0.29, 0.717) is 16.7 Å². The van der Waals surface area contributed by atoms with Crippen LogP contribution >= 0.6 is 11.8 Å². The third kappa shape index (κ3) is 5.62. The zero-order chi connectivity index (χ0) is 23.8. The zero-order valence-corrected chi connectivity index (χ0v) is 19.2. The van der Waals surface area contributed by atoms with Crippen molar-refractivity contribution in [2.75, 3.05) is 18.2 Å². The third-order valence-electron chi connectivity index (χ3n) is 4.76. The molecule has 0 aliphatic rings. The van der Waals surface area contributed by atoms with Gasteiger partial charge in [-0.2, -0.15) is 0 Å². The average Bonchev–Trinajstić information content (AvgIpc) is 3.30. The first-order chi connectivity index (χ1) is 16.7. The summed E-state index contributed by atoms with van der Waals surface area (Å²) in [5.41, 5.74) is 1.54. The molecule has 34 heavy (non-hydrogen) atoms. The van der Waals surface area contributed by atoms with Crippen molar-refractivity contribution >= 4 is 29.3 Å². The fourth-order valence-corrected chi connectivity index (χ4v) is 3.96. The highest BCUT2D eigenvalue weighted by Gasteiger charge is 2.18. The molecule has 0 atom stereocenters. The van der Waals surface area contributed by atoms with E-state index in [4.69, 9.17) is 9.47 Å². The van der Waals surface area contributed by atoms with Crippen molar-refractivity contribution in [2.24, 2.45) is 0 Å². The molecule has 0 radical (unpaired) electrons. The molecule has 0 fully saturated rings. The molecule has 1 heterocycles. The van der Waals surface area contributed by atoms with Crippen molar-refractivity contribution in [3.05, 3.63) is 96.3 Å². The maximum Gasteiger partial charge on any atom is 0.339 e. The number of anilines is 1. The fraction of sp³-hybridized carbons (Fsp3) is 0.120. The van der Waals surface area contributed by atoms with Crippen molar-refractivity contribution in [3.8, 4) is 11.4 Å². The lowest BCUT2D eigenvalue weighted by atomic mass is 10.2. The highest BCUT2D eigenvalue weighted by Crippen LogP contribution is 2.24. The number of amides is 1. The smallest absolute Gasteiger partial charge is 0.339 e. The van der Waals surface area contributed by atoms with Gasteiger partial charge in [-0.15, -0.1) is 10.2 Å². The Morgan fingerprint density at radius 3 is 2.32 bits per heavy atom. The predicted octanol–water partition coefficient (Wildman–Crippen LogP) is 4.36. The first kappa shape index (κ1) is 23.1. The molecule has 0 unspecified atom stereocenters. The molecule has 1 N–H and O–H groups in total. The van der Waals surface area contributed by atoms with Crippen molar-refractivity contribution in [2.45, 2.75) is 11.8 Å². The Morgan fingerprint density at radius 2 is 1.59 bits per heavy atom. The number of methoxy groups -OCH3 is 1. The summed E-state index contributed by atoms with van der Waals surface area (Å²) >= 11 is 1.24. The van der Waals surface area contributed by atoms with Crippen LogP contribution in [-0.4, -0.2) is 39.5 Å². The summed E-state index contributed by atoms with van der Waals surface area (Å²) in [5.74, 6) is 0.596.